The lowest BCUT2D eigenvalue weighted by Crippen LogP contribution is -2.17. The van der Waals surface area contributed by atoms with Gasteiger partial charge in [-0.15, -0.1) is 0 Å². The Hall–Kier alpha value is -2.50. The van der Waals surface area contributed by atoms with Crippen molar-refractivity contribution in [2.45, 2.75) is 6.42 Å². The molecular weight excluding hydrogens is 239 g/mol. The molecule has 0 fully saturated rings. The van der Waals surface area contributed by atoms with Crippen LogP contribution >= 0.6 is 0 Å². The molecule has 0 bridgehead atoms. The molecule has 2 aromatic rings. The van der Waals surface area contributed by atoms with E-state index in [0.29, 0.717) is 5.56 Å². The van der Waals surface area contributed by atoms with E-state index < -0.39 is 11.5 Å². The van der Waals surface area contributed by atoms with Gasteiger partial charge in [-0.3, -0.25) is 9.59 Å². The average Bonchev–Trinajstić information content (AvgIpc) is 2.32. The summed E-state index contributed by atoms with van der Waals surface area (Å²) < 4.78 is 12.7. The summed E-state index contributed by atoms with van der Waals surface area (Å²) in [4.78, 5) is 28.5. The number of hydrogen-bond donors (Lipinski definition) is 2. The second-order valence-electron chi connectivity index (χ2n) is 3.66. The van der Waals surface area contributed by atoms with E-state index in [0.717, 1.165) is 0 Å². The third kappa shape index (κ3) is 2.60. The Morgan fingerprint density at radius 2 is 2.00 bits per heavy atom. The first-order chi connectivity index (χ1) is 8.56. The number of aromatic nitrogens is 2. The van der Waals surface area contributed by atoms with Crippen LogP contribution < -0.4 is 5.56 Å². The Kier molecular flexibility index (Phi) is 3.18. The van der Waals surface area contributed by atoms with Crippen LogP contribution in [0.4, 0.5) is 4.39 Å². The van der Waals surface area contributed by atoms with Crippen molar-refractivity contribution in [2.24, 2.45) is 0 Å². The maximum absolute atomic E-state index is 12.7. The van der Waals surface area contributed by atoms with Gasteiger partial charge in [-0.25, -0.2) is 9.37 Å². The quantitative estimate of drug-likeness (QED) is 0.855. The Morgan fingerprint density at radius 3 is 2.56 bits per heavy atom. The zero-order valence-corrected chi connectivity index (χ0v) is 9.18. The highest BCUT2D eigenvalue weighted by atomic mass is 19.1. The van der Waals surface area contributed by atoms with Gasteiger partial charge in [0.1, 0.15) is 11.6 Å². The number of benzene rings is 1. The molecule has 6 heteroatoms. The first-order valence-electron chi connectivity index (χ1n) is 5.12. The van der Waals surface area contributed by atoms with Gasteiger partial charge in [-0.05, 0) is 24.3 Å². The van der Waals surface area contributed by atoms with Crippen LogP contribution in [0.1, 0.15) is 5.56 Å². The van der Waals surface area contributed by atoms with Crippen LogP contribution in [0, 0.1) is 5.82 Å². The zero-order chi connectivity index (χ0) is 13.1. The smallest absolute Gasteiger partial charge is 0.308 e. The molecule has 0 spiro atoms. The molecule has 0 radical (unpaired) electrons. The minimum absolute atomic E-state index is 0.0772. The highest BCUT2D eigenvalue weighted by molar-refractivity contribution is 5.70. The van der Waals surface area contributed by atoms with E-state index in [1.165, 1.54) is 30.5 Å². The molecule has 0 saturated carbocycles. The van der Waals surface area contributed by atoms with E-state index in [-0.39, 0.29) is 23.6 Å². The summed E-state index contributed by atoms with van der Waals surface area (Å²) in [5.74, 6) is -1.21. The largest absolute Gasteiger partial charge is 0.481 e. The van der Waals surface area contributed by atoms with E-state index >= 15 is 0 Å². The summed E-state index contributed by atoms with van der Waals surface area (Å²) in [6.45, 7) is 0. The molecule has 0 aliphatic rings. The lowest BCUT2D eigenvalue weighted by Gasteiger charge is -2.01. The molecule has 0 atom stereocenters. The van der Waals surface area contributed by atoms with Crippen molar-refractivity contribution in [1.29, 1.82) is 0 Å². The molecule has 1 aromatic heterocycles. The van der Waals surface area contributed by atoms with Gasteiger partial charge in [0.2, 0.25) is 0 Å². The molecule has 0 unspecified atom stereocenters. The number of nitrogens with zero attached hydrogens (tertiary/aromatic N) is 1. The molecular formula is C12H9FN2O3. The zero-order valence-electron chi connectivity index (χ0n) is 9.18. The van der Waals surface area contributed by atoms with Gasteiger partial charge in [-0.1, -0.05) is 0 Å². The SMILES string of the molecule is O=C(O)Cc1cnc(-c2ccc(F)cc2)[nH]c1=O. The highest BCUT2D eigenvalue weighted by Crippen LogP contribution is 2.13. The van der Waals surface area contributed by atoms with Gasteiger partial charge in [0.05, 0.1) is 6.42 Å². The third-order valence-corrected chi connectivity index (χ3v) is 2.33. The number of nitrogens with one attached hydrogen (secondary N) is 1. The van der Waals surface area contributed by atoms with Gasteiger partial charge in [-0.2, -0.15) is 0 Å². The van der Waals surface area contributed by atoms with Crippen molar-refractivity contribution in [3.63, 3.8) is 0 Å². The summed E-state index contributed by atoms with van der Waals surface area (Å²) in [5.41, 5.74) is 0.121. The maximum Gasteiger partial charge on any atom is 0.308 e. The number of aliphatic carboxylic acids is 1. The number of halogens is 1. The molecule has 0 saturated heterocycles. The molecule has 0 amide bonds. The standard InChI is InChI=1S/C12H9FN2O3/c13-9-3-1-7(2-4-9)11-14-6-8(5-10(16)17)12(18)15-11/h1-4,6H,5H2,(H,16,17)(H,14,15,18). The first kappa shape index (κ1) is 12.0. The number of carboxylic acid groups (broad SMARTS) is 1. The lowest BCUT2D eigenvalue weighted by molar-refractivity contribution is -0.136. The Morgan fingerprint density at radius 1 is 1.33 bits per heavy atom. The van der Waals surface area contributed by atoms with Crippen LogP contribution in [-0.4, -0.2) is 21.0 Å². The normalized spacial score (nSPS) is 10.3. The number of aromatic amines is 1. The average molecular weight is 248 g/mol. The molecule has 0 aliphatic heterocycles. The van der Waals surface area contributed by atoms with Crippen LogP contribution in [0.25, 0.3) is 11.4 Å². The Bertz CT molecular complexity index is 635. The fourth-order valence-electron chi connectivity index (χ4n) is 1.46. The molecule has 18 heavy (non-hydrogen) atoms. The minimum Gasteiger partial charge on any atom is -0.481 e. The van der Waals surface area contributed by atoms with Crippen molar-refractivity contribution in [2.75, 3.05) is 0 Å². The summed E-state index contributed by atoms with van der Waals surface area (Å²) >= 11 is 0. The summed E-state index contributed by atoms with van der Waals surface area (Å²) in [7, 11) is 0. The van der Waals surface area contributed by atoms with Gasteiger partial charge < -0.3 is 10.1 Å². The van der Waals surface area contributed by atoms with E-state index in [1.54, 1.807) is 0 Å². The van der Waals surface area contributed by atoms with Crippen LogP contribution in [0.5, 0.6) is 0 Å². The predicted octanol–water partition coefficient (Wildman–Crippen LogP) is 1.20. The fraction of sp³-hybridized carbons (Fsp3) is 0.0833. The third-order valence-electron chi connectivity index (χ3n) is 2.33. The summed E-state index contributed by atoms with van der Waals surface area (Å²) in [5, 5.41) is 8.59. The maximum atomic E-state index is 12.7. The van der Waals surface area contributed by atoms with Crippen LogP contribution in [0.15, 0.2) is 35.3 Å². The number of carboxylic acids is 1. The van der Waals surface area contributed by atoms with E-state index in [1.807, 2.05) is 0 Å². The van der Waals surface area contributed by atoms with Crippen molar-refractivity contribution < 1.29 is 14.3 Å². The monoisotopic (exact) mass is 248 g/mol. The lowest BCUT2D eigenvalue weighted by atomic mass is 10.2. The molecule has 1 aromatic carbocycles. The minimum atomic E-state index is -1.10. The molecule has 2 N–H and O–H groups in total. The summed E-state index contributed by atoms with van der Waals surface area (Å²) in [6.07, 6.45) is 0.831. The van der Waals surface area contributed by atoms with Crippen molar-refractivity contribution in [3.8, 4) is 11.4 Å². The van der Waals surface area contributed by atoms with E-state index in [2.05, 4.69) is 9.97 Å². The molecule has 5 nitrogen and oxygen atoms in total. The van der Waals surface area contributed by atoms with E-state index in [4.69, 9.17) is 5.11 Å². The first-order valence-corrected chi connectivity index (χ1v) is 5.12. The fourth-order valence-corrected chi connectivity index (χ4v) is 1.46. The predicted molar refractivity (Wildman–Crippen MR) is 61.6 cm³/mol. The van der Waals surface area contributed by atoms with Crippen LogP contribution in [0.2, 0.25) is 0 Å². The Balaban J connectivity index is 2.37. The van der Waals surface area contributed by atoms with Gasteiger partial charge in [0.25, 0.3) is 5.56 Å². The number of carbonyl (C=O) groups is 1. The topological polar surface area (TPSA) is 83.0 Å². The van der Waals surface area contributed by atoms with Gasteiger partial charge >= 0.3 is 5.97 Å². The van der Waals surface area contributed by atoms with Crippen LogP contribution in [-0.2, 0) is 11.2 Å². The number of rotatable bonds is 3. The molecule has 0 aliphatic carbocycles. The van der Waals surface area contributed by atoms with Crippen molar-refractivity contribution >= 4 is 5.97 Å². The second kappa shape index (κ2) is 4.79. The molecule has 1 heterocycles. The second-order valence-corrected chi connectivity index (χ2v) is 3.66. The van der Waals surface area contributed by atoms with E-state index in [9.17, 15) is 14.0 Å². The number of H-pyrrole nitrogens is 1. The summed E-state index contributed by atoms with van der Waals surface area (Å²) in [6, 6.07) is 5.45. The molecule has 92 valence electrons. The highest BCUT2D eigenvalue weighted by Gasteiger charge is 2.08. The van der Waals surface area contributed by atoms with Crippen molar-refractivity contribution in [1.82, 2.24) is 9.97 Å². The van der Waals surface area contributed by atoms with Gasteiger partial charge in [0.15, 0.2) is 0 Å². The molecule has 2 rings (SSSR count). The van der Waals surface area contributed by atoms with Gasteiger partial charge in [0, 0.05) is 17.3 Å². The van der Waals surface area contributed by atoms with Crippen molar-refractivity contribution in [3.05, 3.63) is 52.2 Å². The Labute approximate surface area is 101 Å². The number of hydrogen-bond acceptors (Lipinski definition) is 3. The van der Waals surface area contributed by atoms with Crippen LogP contribution in [0.3, 0.4) is 0 Å².